The van der Waals surface area contributed by atoms with Crippen LogP contribution >= 0.6 is 0 Å². The Morgan fingerprint density at radius 1 is 1.19 bits per heavy atom. The summed E-state index contributed by atoms with van der Waals surface area (Å²) >= 11 is 0. The van der Waals surface area contributed by atoms with Gasteiger partial charge in [0.15, 0.2) is 23.1 Å². The number of likely N-dealkylation sites (N-methyl/N-ethyl adjacent to an activating group) is 1. The van der Waals surface area contributed by atoms with Crippen molar-refractivity contribution < 1.29 is 28.9 Å². The SMILES string of the molecule is CCOc1cc(C2(N(C)CC(=O)c3cc(C(O)CO)cc(C(C)(C)C)c3)CC2)c(C=N)c(F)c1OCC. The average Bonchev–Trinajstić information content (AvgIpc) is 3.67. The number of aliphatic hydroxyl groups is 2. The van der Waals surface area contributed by atoms with Crippen LogP contribution in [-0.2, 0) is 11.0 Å². The van der Waals surface area contributed by atoms with Gasteiger partial charge in [0, 0.05) is 22.9 Å². The highest BCUT2D eigenvalue weighted by molar-refractivity contribution is 5.98. The van der Waals surface area contributed by atoms with Crippen molar-refractivity contribution in [3.8, 4) is 11.5 Å². The van der Waals surface area contributed by atoms with E-state index in [1.165, 1.54) is 0 Å². The lowest BCUT2D eigenvalue weighted by Gasteiger charge is -2.30. The molecule has 0 bridgehead atoms. The van der Waals surface area contributed by atoms with Crippen molar-refractivity contribution in [1.82, 2.24) is 4.90 Å². The van der Waals surface area contributed by atoms with E-state index in [-0.39, 0.29) is 41.4 Å². The Bertz CT molecular complexity index is 1150. The van der Waals surface area contributed by atoms with Crippen LogP contribution in [0.15, 0.2) is 24.3 Å². The van der Waals surface area contributed by atoms with Crippen LogP contribution in [0.25, 0.3) is 0 Å². The predicted molar refractivity (Wildman–Crippen MR) is 142 cm³/mol. The third-order valence-electron chi connectivity index (χ3n) is 7.00. The van der Waals surface area contributed by atoms with E-state index in [0.717, 1.165) is 11.8 Å². The van der Waals surface area contributed by atoms with Crippen LogP contribution in [0.2, 0.25) is 0 Å². The van der Waals surface area contributed by atoms with Crippen molar-refractivity contribution in [2.45, 2.75) is 64.5 Å². The predicted octanol–water partition coefficient (Wildman–Crippen LogP) is 4.75. The van der Waals surface area contributed by atoms with Gasteiger partial charge in [0.05, 0.1) is 26.4 Å². The van der Waals surface area contributed by atoms with Gasteiger partial charge in [0.2, 0.25) is 0 Å². The normalized spacial score (nSPS) is 15.4. The summed E-state index contributed by atoms with van der Waals surface area (Å²) in [7, 11) is 1.82. The molecule has 7 nitrogen and oxygen atoms in total. The van der Waals surface area contributed by atoms with Crippen molar-refractivity contribution in [1.29, 1.82) is 5.41 Å². The highest BCUT2D eigenvalue weighted by atomic mass is 19.1. The van der Waals surface area contributed by atoms with Crippen LogP contribution in [0.3, 0.4) is 0 Å². The van der Waals surface area contributed by atoms with Gasteiger partial charge in [0.1, 0.15) is 6.10 Å². The molecule has 0 heterocycles. The molecule has 1 aliphatic rings. The van der Waals surface area contributed by atoms with Crippen LogP contribution in [0.1, 0.15) is 86.2 Å². The largest absolute Gasteiger partial charge is 0.490 e. The number of halogens is 1. The van der Waals surface area contributed by atoms with Gasteiger partial charge in [-0.1, -0.05) is 26.8 Å². The lowest BCUT2D eigenvalue weighted by Crippen LogP contribution is -2.37. The summed E-state index contributed by atoms with van der Waals surface area (Å²) in [5.41, 5.74) is 1.66. The number of ketones is 1. The summed E-state index contributed by atoms with van der Waals surface area (Å²) in [6.07, 6.45) is 1.31. The second-order valence-electron chi connectivity index (χ2n) is 10.6. The molecule has 1 saturated carbocycles. The van der Waals surface area contributed by atoms with Crippen molar-refractivity contribution >= 4 is 12.0 Å². The second-order valence-corrected chi connectivity index (χ2v) is 10.6. The molecule has 1 unspecified atom stereocenters. The van der Waals surface area contributed by atoms with Crippen molar-refractivity contribution in [3.63, 3.8) is 0 Å². The molecule has 0 saturated heterocycles. The number of hydrogen-bond donors (Lipinski definition) is 3. The summed E-state index contributed by atoms with van der Waals surface area (Å²) in [5, 5.41) is 27.7. The van der Waals surface area contributed by atoms with Crippen molar-refractivity contribution in [2.24, 2.45) is 0 Å². The number of aliphatic hydroxyl groups excluding tert-OH is 2. The number of benzene rings is 2. The van der Waals surface area contributed by atoms with E-state index in [1.54, 1.807) is 19.1 Å². The van der Waals surface area contributed by atoms with Gasteiger partial charge in [-0.15, -0.1) is 0 Å². The number of nitrogens with zero attached hydrogens (tertiary/aromatic N) is 1. The molecule has 0 radical (unpaired) electrons. The van der Waals surface area contributed by atoms with Crippen LogP contribution < -0.4 is 9.47 Å². The minimum absolute atomic E-state index is 0.00454. The van der Waals surface area contributed by atoms with Gasteiger partial charge in [-0.2, -0.15) is 0 Å². The fourth-order valence-electron chi connectivity index (χ4n) is 4.67. The van der Waals surface area contributed by atoms with E-state index < -0.39 is 24.1 Å². The molecule has 1 aliphatic carbocycles. The minimum Gasteiger partial charge on any atom is -0.490 e. The van der Waals surface area contributed by atoms with Crippen molar-refractivity contribution in [3.05, 3.63) is 57.9 Å². The molecule has 1 atom stereocenters. The first-order valence-corrected chi connectivity index (χ1v) is 12.7. The van der Waals surface area contributed by atoms with E-state index in [1.807, 2.05) is 51.8 Å². The maximum Gasteiger partial charge on any atom is 0.197 e. The molecule has 8 heteroatoms. The number of Topliss-reactive ketones (excluding diaryl/α,β-unsaturated/α-hetero) is 1. The Hall–Kier alpha value is -2.81. The number of hydrogen-bond acceptors (Lipinski definition) is 7. The van der Waals surface area contributed by atoms with Crippen LogP contribution in [0.4, 0.5) is 4.39 Å². The maximum absolute atomic E-state index is 15.5. The van der Waals surface area contributed by atoms with Crippen LogP contribution in [0.5, 0.6) is 11.5 Å². The molecule has 0 aliphatic heterocycles. The second kappa shape index (κ2) is 11.3. The summed E-state index contributed by atoms with van der Waals surface area (Å²) in [4.78, 5) is 15.4. The first-order valence-electron chi connectivity index (χ1n) is 12.7. The minimum atomic E-state index is -1.08. The smallest absolute Gasteiger partial charge is 0.197 e. The number of rotatable bonds is 12. The Kier molecular flexibility index (Phi) is 8.78. The maximum atomic E-state index is 15.5. The molecule has 37 heavy (non-hydrogen) atoms. The quantitative estimate of drug-likeness (QED) is 0.279. The molecule has 2 aromatic carbocycles. The molecular formula is C29H39FN2O5. The highest BCUT2D eigenvalue weighted by Gasteiger charge is 2.50. The Morgan fingerprint density at radius 3 is 2.35 bits per heavy atom. The molecule has 0 spiro atoms. The van der Waals surface area contributed by atoms with Gasteiger partial charge < -0.3 is 25.1 Å². The molecule has 3 N–H and O–H groups in total. The first-order chi connectivity index (χ1) is 17.4. The zero-order valence-electron chi connectivity index (χ0n) is 22.7. The number of carbonyl (C=O) groups excluding carboxylic acids is 1. The molecular weight excluding hydrogens is 475 g/mol. The molecule has 2 aromatic rings. The Balaban J connectivity index is 1.99. The third-order valence-corrected chi connectivity index (χ3v) is 7.00. The fraction of sp³-hybridized carbons (Fsp3) is 0.517. The first kappa shape index (κ1) is 28.8. The topological polar surface area (TPSA) is 103 Å². The molecule has 0 amide bonds. The van der Waals surface area contributed by atoms with Gasteiger partial charge in [-0.25, -0.2) is 4.39 Å². The Labute approximate surface area is 218 Å². The highest BCUT2D eigenvalue weighted by Crippen LogP contribution is 2.53. The number of nitrogens with one attached hydrogen (secondary N) is 1. The van der Waals surface area contributed by atoms with E-state index in [0.29, 0.717) is 36.1 Å². The Morgan fingerprint density at radius 2 is 1.84 bits per heavy atom. The molecule has 0 aromatic heterocycles. The number of ether oxygens (including phenoxy) is 2. The van der Waals surface area contributed by atoms with E-state index in [9.17, 15) is 15.0 Å². The van der Waals surface area contributed by atoms with Gasteiger partial charge in [0.25, 0.3) is 0 Å². The van der Waals surface area contributed by atoms with Crippen LogP contribution in [0, 0.1) is 11.2 Å². The molecule has 1 fully saturated rings. The van der Waals surface area contributed by atoms with Crippen molar-refractivity contribution in [2.75, 3.05) is 33.4 Å². The van der Waals surface area contributed by atoms with Gasteiger partial charge in [-0.05, 0) is 74.0 Å². The fourth-order valence-corrected chi connectivity index (χ4v) is 4.67. The molecule has 3 rings (SSSR count). The van der Waals surface area contributed by atoms with E-state index >= 15 is 4.39 Å². The third kappa shape index (κ3) is 5.87. The summed E-state index contributed by atoms with van der Waals surface area (Å²) in [5.74, 6) is -0.507. The zero-order valence-corrected chi connectivity index (χ0v) is 22.7. The standard InChI is InChI=1S/C29H39FN2O5/c1-7-36-25-14-22(21(15-31)26(30)27(25)37-8-2)29(9-10-29)32(6)16-23(34)18-11-19(24(35)17-33)13-20(12-18)28(3,4)5/h11-15,24,31,33,35H,7-10,16-17H2,1-6H3. The van der Waals surface area contributed by atoms with Gasteiger partial charge >= 0.3 is 0 Å². The van der Waals surface area contributed by atoms with Gasteiger partial charge in [-0.3, -0.25) is 9.69 Å². The van der Waals surface area contributed by atoms with E-state index in [2.05, 4.69) is 0 Å². The lowest BCUT2D eigenvalue weighted by atomic mass is 9.84. The molecule has 202 valence electrons. The van der Waals surface area contributed by atoms with Crippen LogP contribution in [-0.4, -0.2) is 60.5 Å². The number of carbonyl (C=O) groups is 1. The zero-order chi connectivity index (χ0) is 27.5. The lowest BCUT2D eigenvalue weighted by molar-refractivity contribution is 0.0899. The summed E-state index contributed by atoms with van der Waals surface area (Å²) in [6, 6.07) is 7.01. The summed E-state index contributed by atoms with van der Waals surface area (Å²) in [6.45, 7) is 9.83. The monoisotopic (exact) mass is 514 g/mol. The average molecular weight is 515 g/mol. The van der Waals surface area contributed by atoms with E-state index in [4.69, 9.17) is 14.9 Å². The summed E-state index contributed by atoms with van der Waals surface area (Å²) < 4.78 is 26.7.